The number of nitrogens with one attached hydrogen (secondary N) is 2. The summed E-state index contributed by atoms with van der Waals surface area (Å²) in [6, 6.07) is 6.65. The van der Waals surface area contributed by atoms with Crippen molar-refractivity contribution in [3.63, 3.8) is 0 Å². The third-order valence-electron chi connectivity index (χ3n) is 6.13. The van der Waals surface area contributed by atoms with Crippen LogP contribution in [0.2, 0.25) is 0 Å². The minimum absolute atomic E-state index is 0.124. The van der Waals surface area contributed by atoms with Crippen molar-refractivity contribution in [3.8, 4) is 11.4 Å². The Bertz CT molecular complexity index is 1190. The second-order valence-electron chi connectivity index (χ2n) is 8.79. The van der Waals surface area contributed by atoms with Gasteiger partial charge in [-0.15, -0.1) is 0 Å². The van der Waals surface area contributed by atoms with Gasteiger partial charge >= 0.3 is 5.97 Å². The highest BCUT2D eigenvalue weighted by Gasteiger charge is 2.23. The number of aromatic nitrogens is 3. The molecule has 0 radical (unpaired) electrons. The summed E-state index contributed by atoms with van der Waals surface area (Å²) in [5.74, 6) is 0.0516. The first-order valence-electron chi connectivity index (χ1n) is 11.2. The molecule has 1 aliphatic rings. The topological polar surface area (TPSA) is 129 Å². The molecule has 9 heteroatoms. The number of benzene rings is 1. The van der Waals surface area contributed by atoms with Crippen LogP contribution in [0.4, 0.5) is 0 Å². The van der Waals surface area contributed by atoms with Gasteiger partial charge in [0.05, 0.1) is 23.7 Å². The zero-order chi connectivity index (χ0) is 23.5. The number of rotatable bonds is 8. The maximum Gasteiger partial charge on any atom is 0.323 e. The van der Waals surface area contributed by atoms with Crippen LogP contribution in [0.1, 0.15) is 30.9 Å². The molecule has 3 heterocycles. The number of ether oxygens (including phenoxy) is 1. The number of pyridine rings is 1. The summed E-state index contributed by atoms with van der Waals surface area (Å²) in [4.78, 5) is 30.9. The van der Waals surface area contributed by atoms with E-state index in [-0.39, 0.29) is 12.1 Å². The maximum absolute atomic E-state index is 11.9. The van der Waals surface area contributed by atoms with Crippen LogP contribution in [-0.4, -0.2) is 56.1 Å². The van der Waals surface area contributed by atoms with Crippen LogP contribution >= 0.6 is 0 Å². The van der Waals surface area contributed by atoms with Gasteiger partial charge in [-0.3, -0.25) is 14.9 Å². The minimum atomic E-state index is -1.10. The van der Waals surface area contributed by atoms with E-state index in [0.29, 0.717) is 18.1 Å². The van der Waals surface area contributed by atoms with Crippen LogP contribution in [0, 0.1) is 12.8 Å². The zero-order valence-electron chi connectivity index (χ0n) is 18.9. The molecule has 4 N–H and O–H groups in total. The monoisotopic (exact) mass is 454 g/mol. The van der Waals surface area contributed by atoms with E-state index in [0.717, 1.165) is 54.0 Å². The maximum atomic E-state index is 11.9. The number of hydrogen-bond donors (Lipinski definition) is 4. The van der Waals surface area contributed by atoms with Gasteiger partial charge in [0.1, 0.15) is 11.9 Å². The number of hydrogen-bond acceptors (Lipinski definition) is 6. The number of carboxylic acids is 1. The molecule has 1 aliphatic heterocycles. The number of carbonyl (C=O) groups is 1. The molecule has 1 fully saturated rings. The average molecular weight is 455 g/mol. The molecule has 176 valence electrons. The Hall–Kier alpha value is -3.01. The number of H-pyrrole nitrogens is 1. The van der Waals surface area contributed by atoms with Gasteiger partial charge in [-0.1, -0.05) is 6.07 Å². The minimum Gasteiger partial charge on any atom is -0.480 e. The van der Waals surface area contributed by atoms with Crippen molar-refractivity contribution in [1.29, 1.82) is 0 Å². The lowest BCUT2D eigenvalue weighted by Gasteiger charge is -2.23. The van der Waals surface area contributed by atoms with Crippen LogP contribution in [0.25, 0.3) is 22.4 Å². The fourth-order valence-corrected chi connectivity index (χ4v) is 4.32. The molecular formula is C24H30N4O5. The first-order valence-corrected chi connectivity index (χ1v) is 11.2. The smallest absolute Gasteiger partial charge is 0.323 e. The summed E-state index contributed by atoms with van der Waals surface area (Å²) in [5.41, 5.74) is 3.95. The highest BCUT2D eigenvalue weighted by molar-refractivity contribution is 5.81. The molecule has 1 aromatic carbocycles. The highest BCUT2D eigenvalue weighted by atomic mass is 16.5. The predicted octanol–water partition coefficient (Wildman–Crippen LogP) is 2.05. The number of carboxylic acid groups (broad SMARTS) is 1. The van der Waals surface area contributed by atoms with Crippen molar-refractivity contribution < 1.29 is 19.7 Å². The Balaban J connectivity index is 1.70. The van der Waals surface area contributed by atoms with Crippen LogP contribution < -0.4 is 10.9 Å². The second-order valence-corrected chi connectivity index (χ2v) is 8.79. The van der Waals surface area contributed by atoms with E-state index in [9.17, 15) is 19.8 Å². The third kappa shape index (κ3) is 5.16. The third-order valence-corrected chi connectivity index (χ3v) is 6.13. The lowest BCUT2D eigenvalue weighted by atomic mass is 10.0. The highest BCUT2D eigenvalue weighted by Crippen LogP contribution is 2.28. The number of aliphatic hydroxyl groups excluding tert-OH is 1. The molecule has 2 aromatic heterocycles. The Morgan fingerprint density at radius 1 is 1.39 bits per heavy atom. The Morgan fingerprint density at radius 2 is 2.21 bits per heavy atom. The van der Waals surface area contributed by atoms with Gasteiger partial charge in [0.25, 0.3) is 5.56 Å². The Kier molecular flexibility index (Phi) is 6.92. The van der Waals surface area contributed by atoms with E-state index in [4.69, 9.17) is 9.72 Å². The number of aromatic amines is 1. The summed E-state index contributed by atoms with van der Waals surface area (Å²) in [6.07, 6.45) is 2.79. The van der Waals surface area contributed by atoms with E-state index in [1.54, 1.807) is 13.1 Å². The van der Waals surface area contributed by atoms with Gasteiger partial charge in [0, 0.05) is 42.9 Å². The molecule has 0 bridgehead atoms. The standard InChI is InChI=1S/C24H30N4O5/c1-14-8-18(11-26-23(14)30)22-27-19-9-16(10-25-21(15(2)29)24(31)32)5-6-20(19)28(22)12-17-4-3-7-33-13-17/h5-6,8-9,11,15,17,21,25,29H,3-4,7,10,12-13H2,1-2H3,(H,26,30)(H,31,32)/t15-,17-,21+/m1/s1. The molecule has 4 rings (SSSR count). The number of aliphatic carboxylic acids is 1. The lowest BCUT2D eigenvalue weighted by molar-refractivity contribution is -0.142. The van der Waals surface area contributed by atoms with E-state index < -0.39 is 18.1 Å². The molecule has 0 aliphatic carbocycles. The first-order chi connectivity index (χ1) is 15.8. The summed E-state index contributed by atoms with van der Waals surface area (Å²) in [6.45, 7) is 5.77. The van der Waals surface area contributed by atoms with Gasteiger partial charge in [0.15, 0.2) is 0 Å². The molecule has 0 unspecified atom stereocenters. The van der Waals surface area contributed by atoms with E-state index in [1.807, 2.05) is 24.3 Å². The molecule has 3 aromatic rings. The molecule has 9 nitrogen and oxygen atoms in total. The number of aryl methyl sites for hydroxylation is 1. The van der Waals surface area contributed by atoms with Gasteiger partial charge < -0.3 is 24.5 Å². The fraction of sp³-hybridized carbons (Fsp3) is 0.458. The normalized spacial score (nSPS) is 18.3. The van der Waals surface area contributed by atoms with E-state index in [1.165, 1.54) is 6.92 Å². The van der Waals surface area contributed by atoms with Crippen molar-refractivity contribution in [2.24, 2.45) is 5.92 Å². The van der Waals surface area contributed by atoms with Gasteiger partial charge in [-0.2, -0.15) is 0 Å². The quantitative estimate of drug-likeness (QED) is 0.410. The summed E-state index contributed by atoms with van der Waals surface area (Å²) >= 11 is 0. The summed E-state index contributed by atoms with van der Waals surface area (Å²) in [5, 5.41) is 21.9. The van der Waals surface area contributed by atoms with E-state index >= 15 is 0 Å². The fourth-order valence-electron chi connectivity index (χ4n) is 4.32. The van der Waals surface area contributed by atoms with Crippen molar-refractivity contribution in [1.82, 2.24) is 19.9 Å². The van der Waals surface area contributed by atoms with Crippen molar-refractivity contribution in [3.05, 3.63) is 51.9 Å². The van der Waals surface area contributed by atoms with Crippen LogP contribution in [0.5, 0.6) is 0 Å². The molecule has 0 spiro atoms. The van der Waals surface area contributed by atoms with Crippen LogP contribution in [0.3, 0.4) is 0 Å². The summed E-state index contributed by atoms with van der Waals surface area (Å²) in [7, 11) is 0. The molecule has 0 amide bonds. The van der Waals surface area contributed by atoms with Gasteiger partial charge in [-0.05, 0) is 50.5 Å². The molecule has 1 saturated heterocycles. The van der Waals surface area contributed by atoms with Crippen molar-refractivity contribution >= 4 is 17.0 Å². The number of aliphatic hydroxyl groups is 1. The SMILES string of the molecule is Cc1cc(-c2nc3cc(CN[C@H](C(=O)O)[C@@H](C)O)ccc3n2C[C@H]2CCCOC2)c[nH]c1=O. The van der Waals surface area contributed by atoms with Crippen molar-refractivity contribution in [2.45, 2.75) is 51.9 Å². The molecule has 0 saturated carbocycles. The molecular weight excluding hydrogens is 424 g/mol. The average Bonchev–Trinajstić information content (AvgIpc) is 3.13. The number of fused-ring (bicyclic) bond motifs is 1. The number of imidazole rings is 1. The second kappa shape index (κ2) is 9.86. The Labute approximate surface area is 191 Å². The van der Waals surface area contributed by atoms with Gasteiger partial charge in [0.2, 0.25) is 0 Å². The lowest BCUT2D eigenvalue weighted by Crippen LogP contribution is -2.44. The van der Waals surface area contributed by atoms with Crippen molar-refractivity contribution in [2.75, 3.05) is 13.2 Å². The molecule has 3 atom stereocenters. The largest absolute Gasteiger partial charge is 0.480 e. The van der Waals surface area contributed by atoms with Crippen LogP contribution in [0.15, 0.2) is 35.3 Å². The van der Waals surface area contributed by atoms with Crippen LogP contribution in [-0.2, 0) is 22.6 Å². The van der Waals surface area contributed by atoms with Gasteiger partial charge in [-0.25, -0.2) is 4.98 Å². The first kappa shape index (κ1) is 23.2. The number of nitrogens with zero attached hydrogens (tertiary/aromatic N) is 2. The summed E-state index contributed by atoms with van der Waals surface area (Å²) < 4.78 is 7.85. The predicted molar refractivity (Wildman–Crippen MR) is 124 cm³/mol. The zero-order valence-corrected chi connectivity index (χ0v) is 18.9. The Morgan fingerprint density at radius 3 is 2.88 bits per heavy atom. The molecule has 33 heavy (non-hydrogen) atoms. The van der Waals surface area contributed by atoms with E-state index in [2.05, 4.69) is 14.9 Å².